The Labute approximate surface area is 178 Å². The molecule has 0 fully saturated rings. The number of nitrogens with one attached hydrogen (secondary N) is 2. The fourth-order valence-corrected chi connectivity index (χ4v) is 4.04. The molecule has 3 rings (SSSR count). The Hall–Kier alpha value is -3.62. The molecule has 164 valence electrons. The summed E-state index contributed by atoms with van der Waals surface area (Å²) in [6.45, 7) is 7.20. The van der Waals surface area contributed by atoms with Crippen LogP contribution in [0.4, 0.5) is 0 Å². The standard InChI is InChI=1S/C22H24N2O7/c1-8-17(27)15(11(4)25)19-16(18(8)28)22(5)13(31-19)7-12(26)14(20(22)29)9(2)24-10(3)21(30)23-6/h7,10,24,27-28H,1-6H3,(H,23,30)/t10-,22-/m0/s1. The van der Waals surface area contributed by atoms with Crippen molar-refractivity contribution in [3.8, 4) is 17.2 Å². The zero-order chi connectivity index (χ0) is 23.4. The number of rotatable bonds is 4. The lowest BCUT2D eigenvalue weighted by atomic mass is 9.70. The maximum Gasteiger partial charge on any atom is 0.241 e. The summed E-state index contributed by atoms with van der Waals surface area (Å²) in [5.74, 6) is -3.17. The summed E-state index contributed by atoms with van der Waals surface area (Å²) in [6.07, 6.45) is 1.13. The Morgan fingerprint density at radius 2 is 1.77 bits per heavy atom. The number of allylic oxidation sites excluding steroid dienone is 4. The van der Waals surface area contributed by atoms with Crippen LogP contribution in [0, 0.1) is 6.92 Å². The number of phenols is 2. The molecule has 0 saturated heterocycles. The molecule has 0 saturated carbocycles. The fourth-order valence-electron chi connectivity index (χ4n) is 4.04. The molecule has 9 nitrogen and oxygen atoms in total. The monoisotopic (exact) mass is 428 g/mol. The molecule has 0 aromatic heterocycles. The van der Waals surface area contributed by atoms with Gasteiger partial charge in [0, 0.05) is 24.4 Å². The number of hydrogen-bond acceptors (Lipinski definition) is 8. The van der Waals surface area contributed by atoms with Crippen LogP contribution >= 0.6 is 0 Å². The molecule has 0 unspecified atom stereocenters. The lowest BCUT2D eigenvalue weighted by Gasteiger charge is -2.29. The zero-order valence-corrected chi connectivity index (χ0v) is 18.1. The number of carbonyl (C=O) groups excluding carboxylic acids is 4. The Morgan fingerprint density at radius 3 is 2.32 bits per heavy atom. The molecule has 1 aliphatic carbocycles. The maximum atomic E-state index is 13.6. The number of aromatic hydroxyl groups is 2. The van der Waals surface area contributed by atoms with Gasteiger partial charge in [-0.05, 0) is 34.6 Å². The van der Waals surface area contributed by atoms with Gasteiger partial charge >= 0.3 is 0 Å². The molecular formula is C22H24N2O7. The van der Waals surface area contributed by atoms with E-state index in [9.17, 15) is 29.4 Å². The van der Waals surface area contributed by atoms with Crippen LogP contribution in [0.2, 0.25) is 0 Å². The average molecular weight is 428 g/mol. The van der Waals surface area contributed by atoms with E-state index in [1.54, 1.807) is 6.92 Å². The topological polar surface area (TPSA) is 142 Å². The molecule has 2 atom stereocenters. The van der Waals surface area contributed by atoms with Crippen molar-refractivity contribution in [1.29, 1.82) is 0 Å². The van der Waals surface area contributed by atoms with E-state index < -0.39 is 40.3 Å². The van der Waals surface area contributed by atoms with Gasteiger partial charge in [0.2, 0.25) is 5.91 Å². The van der Waals surface area contributed by atoms with Crippen LogP contribution in [0.5, 0.6) is 17.2 Å². The van der Waals surface area contributed by atoms with Gasteiger partial charge in [0.25, 0.3) is 0 Å². The first kappa shape index (κ1) is 22.1. The summed E-state index contributed by atoms with van der Waals surface area (Å²) < 4.78 is 5.70. The number of amides is 1. The second-order valence-corrected chi connectivity index (χ2v) is 7.87. The molecule has 1 amide bonds. The van der Waals surface area contributed by atoms with E-state index in [0.29, 0.717) is 0 Å². The molecule has 2 aliphatic rings. The molecule has 31 heavy (non-hydrogen) atoms. The van der Waals surface area contributed by atoms with Gasteiger partial charge in [0.1, 0.15) is 40.0 Å². The van der Waals surface area contributed by atoms with Crippen molar-refractivity contribution in [1.82, 2.24) is 10.6 Å². The van der Waals surface area contributed by atoms with Gasteiger partial charge in [-0.15, -0.1) is 0 Å². The van der Waals surface area contributed by atoms with Crippen molar-refractivity contribution < 1.29 is 34.1 Å². The summed E-state index contributed by atoms with van der Waals surface area (Å²) in [7, 11) is 1.47. The average Bonchev–Trinajstić information content (AvgIpc) is 2.98. The van der Waals surface area contributed by atoms with Crippen LogP contribution in [0.25, 0.3) is 0 Å². The van der Waals surface area contributed by atoms with Gasteiger partial charge in [-0.1, -0.05) is 0 Å². The second-order valence-electron chi connectivity index (χ2n) is 7.87. The molecule has 0 radical (unpaired) electrons. The Bertz CT molecular complexity index is 1130. The molecule has 4 N–H and O–H groups in total. The van der Waals surface area contributed by atoms with Crippen LogP contribution in [-0.4, -0.2) is 46.6 Å². The summed E-state index contributed by atoms with van der Waals surface area (Å²) in [4.78, 5) is 50.4. The van der Waals surface area contributed by atoms with Crippen LogP contribution in [-0.2, 0) is 19.8 Å². The van der Waals surface area contributed by atoms with Gasteiger partial charge in [-0.25, -0.2) is 0 Å². The molecule has 9 heteroatoms. The minimum atomic E-state index is -1.59. The smallest absolute Gasteiger partial charge is 0.241 e. The van der Waals surface area contributed by atoms with Gasteiger partial charge in [-0.2, -0.15) is 0 Å². The van der Waals surface area contributed by atoms with E-state index in [2.05, 4.69) is 10.6 Å². The number of hydrogen-bond donors (Lipinski definition) is 4. The van der Waals surface area contributed by atoms with E-state index in [4.69, 9.17) is 4.74 Å². The van der Waals surface area contributed by atoms with E-state index >= 15 is 0 Å². The van der Waals surface area contributed by atoms with E-state index in [-0.39, 0.29) is 45.4 Å². The lowest BCUT2D eigenvalue weighted by molar-refractivity contribution is -0.124. The Morgan fingerprint density at radius 1 is 1.16 bits per heavy atom. The minimum Gasteiger partial charge on any atom is -0.507 e. The zero-order valence-electron chi connectivity index (χ0n) is 18.1. The van der Waals surface area contributed by atoms with Crippen LogP contribution in [0.3, 0.4) is 0 Å². The highest BCUT2D eigenvalue weighted by Gasteiger charge is 2.56. The van der Waals surface area contributed by atoms with Gasteiger partial charge in [0.15, 0.2) is 17.3 Å². The summed E-state index contributed by atoms with van der Waals surface area (Å²) >= 11 is 0. The van der Waals surface area contributed by atoms with Gasteiger partial charge in [0.05, 0.1) is 11.1 Å². The van der Waals surface area contributed by atoms with Crippen molar-refractivity contribution >= 4 is 23.3 Å². The number of ether oxygens (including phenoxy) is 1. The van der Waals surface area contributed by atoms with Gasteiger partial charge in [-0.3, -0.25) is 19.2 Å². The quantitative estimate of drug-likeness (QED) is 0.319. The normalized spacial score (nSPS) is 22.1. The van der Waals surface area contributed by atoms with Crippen molar-refractivity contribution in [2.24, 2.45) is 0 Å². The maximum absolute atomic E-state index is 13.6. The molecular weight excluding hydrogens is 404 g/mol. The third kappa shape index (κ3) is 2.99. The summed E-state index contributed by atoms with van der Waals surface area (Å²) in [6, 6.07) is -0.708. The first-order valence-electron chi connectivity index (χ1n) is 9.65. The SMILES string of the molecule is CNC(=O)[C@H](C)NC(C)=C1C(=O)C=C2Oc3c(C(C)=O)c(O)c(C)c(O)c3[C@@]2(C)C1=O. The highest BCUT2D eigenvalue weighted by molar-refractivity contribution is 6.31. The van der Waals surface area contributed by atoms with Crippen LogP contribution in [0.15, 0.2) is 23.1 Å². The molecule has 1 aliphatic heterocycles. The third-order valence-corrected chi connectivity index (χ3v) is 5.83. The molecule has 1 aromatic rings. The molecule has 1 heterocycles. The van der Waals surface area contributed by atoms with E-state index in [1.165, 1.54) is 34.7 Å². The Balaban J connectivity index is 2.25. The number of fused-ring (bicyclic) bond motifs is 3. The van der Waals surface area contributed by atoms with Crippen molar-refractivity contribution in [2.45, 2.75) is 46.1 Å². The predicted octanol–water partition coefficient (Wildman–Crippen LogP) is 1.29. The van der Waals surface area contributed by atoms with E-state index in [0.717, 1.165) is 6.08 Å². The fraction of sp³-hybridized carbons (Fsp3) is 0.364. The van der Waals surface area contributed by atoms with Crippen molar-refractivity contribution in [3.63, 3.8) is 0 Å². The number of Topliss-reactive ketones (excluding diaryl/α,β-unsaturated/α-hetero) is 2. The second kappa shape index (κ2) is 7.26. The molecule has 1 aromatic carbocycles. The molecule has 0 bridgehead atoms. The Kier molecular flexibility index (Phi) is 5.17. The van der Waals surface area contributed by atoms with Crippen LogP contribution in [0.1, 0.15) is 49.2 Å². The predicted molar refractivity (Wildman–Crippen MR) is 110 cm³/mol. The largest absolute Gasteiger partial charge is 0.507 e. The van der Waals surface area contributed by atoms with Crippen molar-refractivity contribution in [2.75, 3.05) is 7.05 Å². The number of phenolic OH excluding ortho intramolecular Hbond substituents is 2. The lowest BCUT2D eigenvalue weighted by Crippen LogP contribution is -2.44. The minimum absolute atomic E-state index is 0.0152. The van der Waals surface area contributed by atoms with Crippen LogP contribution < -0.4 is 15.4 Å². The number of likely N-dealkylation sites (N-methyl/N-ethyl adjacent to an activating group) is 1. The molecule has 0 spiro atoms. The van der Waals surface area contributed by atoms with Gasteiger partial charge < -0.3 is 25.6 Å². The first-order valence-corrected chi connectivity index (χ1v) is 9.65. The number of benzene rings is 1. The number of ketones is 3. The summed E-state index contributed by atoms with van der Waals surface area (Å²) in [5, 5.41) is 26.5. The van der Waals surface area contributed by atoms with Crippen molar-refractivity contribution in [3.05, 3.63) is 39.8 Å². The highest BCUT2D eigenvalue weighted by atomic mass is 16.5. The first-order chi connectivity index (χ1) is 14.4. The number of carbonyl (C=O) groups is 4. The van der Waals surface area contributed by atoms with E-state index in [1.807, 2.05) is 0 Å². The highest BCUT2D eigenvalue weighted by Crippen LogP contribution is 2.57. The third-order valence-electron chi connectivity index (χ3n) is 5.83. The summed E-state index contributed by atoms with van der Waals surface area (Å²) in [5.41, 5.74) is -1.72.